The van der Waals surface area contributed by atoms with Crippen LogP contribution < -0.4 is 5.32 Å². The summed E-state index contributed by atoms with van der Waals surface area (Å²) >= 11 is 0. The van der Waals surface area contributed by atoms with Gasteiger partial charge in [0, 0.05) is 31.4 Å². The molecule has 1 fully saturated rings. The van der Waals surface area contributed by atoms with Gasteiger partial charge in [-0.2, -0.15) is 0 Å². The molecule has 2 heterocycles. The van der Waals surface area contributed by atoms with Crippen LogP contribution in [0.15, 0.2) is 42.5 Å². The molecule has 160 valence electrons. The van der Waals surface area contributed by atoms with Gasteiger partial charge < -0.3 is 10.1 Å². The molecule has 0 unspecified atom stereocenters. The summed E-state index contributed by atoms with van der Waals surface area (Å²) in [5.74, 6) is -2.14. The first kappa shape index (κ1) is 20.6. The van der Waals surface area contributed by atoms with Crippen molar-refractivity contribution in [3.05, 3.63) is 69.3 Å². The first-order chi connectivity index (χ1) is 14.9. The number of nitrogens with zero attached hydrogens (tertiary/aromatic N) is 3. The summed E-state index contributed by atoms with van der Waals surface area (Å²) in [5.41, 5.74) is 0.817. The number of rotatable bonds is 6. The summed E-state index contributed by atoms with van der Waals surface area (Å²) in [7, 11) is 0. The van der Waals surface area contributed by atoms with Crippen molar-refractivity contribution in [2.24, 2.45) is 0 Å². The summed E-state index contributed by atoms with van der Waals surface area (Å²) < 4.78 is 5.33. The lowest BCUT2D eigenvalue weighted by molar-refractivity contribution is -0.385. The highest BCUT2D eigenvalue weighted by Gasteiger charge is 2.41. The molecule has 2 aromatic carbocycles. The Kier molecular flexibility index (Phi) is 5.74. The first-order valence-corrected chi connectivity index (χ1v) is 9.76. The standard InChI is InChI=1S/C21H20N4O6/c26-18(22-15-6-4-14(5-7-15)12-23-8-10-31-11-9-23)13-24-20(27)16-2-1-3-17(25(29)30)19(16)21(24)28/h1-7H,8-13H2,(H,22,26). The second-order valence-electron chi connectivity index (χ2n) is 7.29. The quantitative estimate of drug-likeness (QED) is 0.425. The van der Waals surface area contributed by atoms with Gasteiger partial charge in [-0.25, -0.2) is 0 Å². The minimum atomic E-state index is -0.844. The van der Waals surface area contributed by atoms with E-state index in [1.807, 2.05) is 12.1 Å². The maximum absolute atomic E-state index is 12.6. The van der Waals surface area contributed by atoms with Crippen LogP contribution in [0.2, 0.25) is 0 Å². The lowest BCUT2D eigenvalue weighted by Gasteiger charge is -2.26. The van der Waals surface area contributed by atoms with Gasteiger partial charge in [0.05, 0.1) is 23.7 Å². The summed E-state index contributed by atoms with van der Waals surface area (Å²) in [4.78, 5) is 50.9. The summed E-state index contributed by atoms with van der Waals surface area (Å²) in [6.45, 7) is 3.43. The van der Waals surface area contributed by atoms with Crippen molar-refractivity contribution in [1.29, 1.82) is 0 Å². The minimum absolute atomic E-state index is 0.0699. The number of fused-ring (bicyclic) bond motifs is 1. The fourth-order valence-corrected chi connectivity index (χ4v) is 3.67. The Bertz CT molecular complexity index is 1050. The molecule has 2 aliphatic rings. The summed E-state index contributed by atoms with van der Waals surface area (Å²) in [5, 5.41) is 13.8. The third-order valence-electron chi connectivity index (χ3n) is 5.22. The van der Waals surface area contributed by atoms with E-state index in [0.29, 0.717) is 5.69 Å². The van der Waals surface area contributed by atoms with Gasteiger partial charge in [0.1, 0.15) is 12.1 Å². The molecule has 0 spiro atoms. The molecular weight excluding hydrogens is 404 g/mol. The molecule has 1 saturated heterocycles. The van der Waals surface area contributed by atoms with Crippen molar-refractivity contribution in [3.8, 4) is 0 Å². The van der Waals surface area contributed by atoms with Gasteiger partial charge in [-0.15, -0.1) is 0 Å². The van der Waals surface area contributed by atoms with Gasteiger partial charge in [0.25, 0.3) is 17.5 Å². The molecule has 2 aliphatic heterocycles. The van der Waals surface area contributed by atoms with Crippen molar-refractivity contribution in [2.75, 3.05) is 38.2 Å². The van der Waals surface area contributed by atoms with Gasteiger partial charge in [0.2, 0.25) is 5.91 Å². The Morgan fingerprint density at radius 2 is 1.77 bits per heavy atom. The van der Waals surface area contributed by atoms with E-state index in [1.54, 1.807) is 12.1 Å². The number of nitro benzene ring substituents is 1. The van der Waals surface area contributed by atoms with Crippen molar-refractivity contribution in [2.45, 2.75) is 6.54 Å². The van der Waals surface area contributed by atoms with Crippen LogP contribution in [0.1, 0.15) is 26.3 Å². The van der Waals surface area contributed by atoms with Crippen LogP contribution in [0, 0.1) is 10.1 Å². The SMILES string of the molecule is O=C(CN1C(=O)c2cccc([N+](=O)[O-])c2C1=O)Nc1ccc(CN2CCOCC2)cc1. The number of anilines is 1. The predicted molar refractivity (Wildman–Crippen MR) is 110 cm³/mol. The van der Waals surface area contributed by atoms with Crippen LogP contribution in [-0.2, 0) is 16.1 Å². The average Bonchev–Trinajstić information content (AvgIpc) is 3.00. The zero-order valence-corrected chi connectivity index (χ0v) is 16.6. The van der Waals surface area contributed by atoms with Crippen molar-refractivity contribution >= 4 is 29.1 Å². The number of carbonyl (C=O) groups excluding carboxylic acids is 3. The van der Waals surface area contributed by atoms with Crippen LogP contribution in [-0.4, -0.2) is 65.3 Å². The van der Waals surface area contributed by atoms with Crippen LogP contribution in [0.25, 0.3) is 0 Å². The highest BCUT2D eigenvalue weighted by Crippen LogP contribution is 2.30. The van der Waals surface area contributed by atoms with E-state index in [-0.39, 0.29) is 11.1 Å². The number of amides is 3. The number of hydrogen-bond acceptors (Lipinski definition) is 7. The Balaban J connectivity index is 1.39. The van der Waals surface area contributed by atoms with Crippen LogP contribution in [0.4, 0.5) is 11.4 Å². The molecule has 0 atom stereocenters. The fourth-order valence-electron chi connectivity index (χ4n) is 3.67. The lowest BCUT2D eigenvalue weighted by atomic mass is 10.1. The molecule has 10 heteroatoms. The third kappa shape index (κ3) is 4.30. The number of hydrogen-bond donors (Lipinski definition) is 1. The van der Waals surface area contributed by atoms with Gasteiger partial charge in [-0.05, 0) is 23.8 Å². The van der Waals surface area contributed by atoms with E-state index in [9.17, 15) is 24.5 Å². The summed E-state index contributed by atoms with van der Waals surface area (Å²) in [6.07, 6.45) is 0. The summed E-state index contributed by atoms with van der Waals surface area (Å²) in [6, 6.07) is 11.1. The van der Waals surface area contributed by atoms with E-state index >= 15 is 0 Å². The number of nitrogens with one attached hydrogen (secondary N) is 1. The molecular formula is C21H20N4O6. The number of ether oxygens (including phenoxy) is 1. The number of benzene rings is 2. The average molecular weight is 424 g/mol. The highest BCUT2D eigenvalue weighted by molar-refractivity contribution is 6.24. The van der Waals surface area contributed by atoms with Gasteiger partial charge in [-0.1, -0.05) is 18.2 Å². The number of imide groups is 1. The molecule has 0 radical (unpaired) electrons. The van der Waals surface area contributed by atoms with Crippen LogP contribution in [0.3, 0.4) is 0 Å². The Hall–Kier alpha value is -3.63. The van der Waals surface area contributed by atoms with Crippen molar-refractivity contribution < 1.29 is 24.0 Å². The zero-order chi connectivity index (χ0) is 22.0. The number of nitro groups is 1. The molecule has 4 rings (SSSR count). The van der Waals surface area contributed by atoms with E-state index in [2.05, 4.69) is 10.2 Å². The molecule has 0 aliphatic carbocycles. The molecule has 1 N–H and O–H groups in total. The smallest absolute Gasteiger partial charge is 0.282 e. The molecule has 10 nitrogen and oxygen atoms in total. The van der Waals surface area contributed by atoms with E-state index in [0.717, 1.165) is 49.4 Å². The Morgan fingerprint density at radius 3 is 2.45 bits per heavy atom. The Morgan fingerprint density at radius 1 is 1.06 bits per heavy atom. The van der Waals surface area contributed by atoms with Crippen molar-refractivity contribution in [1.82, 2.24) is 9.80 Å². The maximum Gasteiger partial charge on any atom is 0.282 e. The zero-order valence-electron chi connectivity index (χ0n) is 16.6. The minimum Gasteiger partial charge on any atom is -0.379 e. The number of carbonyl (C=O) groups is 3. The van der Waals surface area contributed by atoms with E-state index in [1.165, 1.54) is 12.1 Å². The van der Waals surface area contributed by atoms with E-state index in [4.69, 9.17) is 4.74 Å². The lowest BCUT2D eigenvalue weighted by Crippen LogP contribution is -2.37. The van der Waals surface area contributed by atoms with Gasteiger partial charge in [-0.3, -0.25) is 34.3 Å². The van der Waals surface area contributed by atoms with Crippen molar-refractivity contribution in [3.63, 3.8) is 0 Å². The molecule has 0 aromatic heterocycles. The van der Waals surface area contributed by atoms with Crippen LogP contribution in [0.5, 0.6) is 0 Å². The van der Waals surface area contributed by atoms with E-state index < -0.39 is 34.9 Å². The van der Waals surface area contributed by atoms with Gasteiger partial charge in [0.15, 0.2) is 0 Å². The van der Waals surface area contributed by atoms with Crippen LogP contribution >= 0.6 is 0 Å². The molecule has 3 amide bonds. The predicted octanol–water partition coefficient (Wildman–Crippen LogP) is 1.66. The maximum atomic E-state index is 12.6. The second kappa shape index (κ2) is 8.62. The largest absolute Gasteiger partial charge is 0.379 e. The third-order valence-corrected chi connectivity index (χ3v) is 5.22. The topological polar surface area (TPSA) is 122 Å². The monoisotopic (exact) mass is 424 g/mol. The first-order valence-electron chi connectivity index (χ1n) is 9.76. The normalized spacial score (nSPS) is 16.3. The molecule has 0 saturated carbocycles. The molecule has 2 aromatic rings. The molecule has 0 bridgehead atoms. The molecule has 31 heavy (non-hydrogen) atoms. The highest BCUT2D eigenvalue weighted by atomic mass is 16.6. The Labute approximate surface area is 177 Å². The fraction of sp³-hybridized carbons (Fsp3) is 0.286. The second-order valence-corrected chi connectivity index (χ2v) is 7.29. The number of morpholine rings is 1. The van der Waals surface area contributed by atoms with Gasteiger partial charge >= 0.3 is 0 Å².